The molecule has 0 bridgehead atoms. The first-order chi connectivity index (χ1) is 9.59. The minimum atomic E-state index is 0.0993. The zero-order chi connectivity index (χ0) is 14.2. The Kier molecular flexibility index (Phi) is 3.96. The number of hydrogen-bond donors (Lipinski definition) is 1. The molecule has 0 atom stereocenters. The number of hydrogen-bond acceptors (Lipinski definition) is 1. The molecule has 104 valence electrons. The molecular weight excluding hydrogens is 313 g/mol. The van der Waals surface area contributed by atoms with Crippen molar-refractivity contribution < 1.29 is 0 Å². The Hall–Kier alpha value is -0.730. The maximum Gasteiger partial charge on any atom is 0.0453 e. The van der Waals surface area contributed by atoms with Gasteiger partial charge in [-0.1, -0.05) is 53.0 Å². The molecule has 2 aromatic carbocycles. The first-order valence-corrected chi connectivity index (χ1v) is 7.63. The summed E-state index contributed by atoms with van der Waals surface area (Å²) in [6, 6.07) is 13.8. The van der Waals surface area contributed by atoms with Crippen LogP contribution in [-0.4, -0.2) is 13.1 Å². The van der Waals surface area contributed by atoms with E-state index in [9.17, 15) is 0 Å². The maximum atomic E-state index is 6.30. The molecule has 0 amide bonds. The van der Waals surface area contributed by atoms with Crippen molar-refractivity contribution >= 4 is 34.8 Å². The third-order valence-corrected chi connectivity index (χ3v) is 4.77. The van der Waals surface area contributed by atoms with Crippen LogP contribution in [0.1, 0.15) is 11.1 Å². The number of benzene rings is 2. The summed E-state index contributed by atoms with van der Waals surface area (Å²) in [7, 11) is 0. The van der Waals surface area contributed by atoms with Gasteiger partial charge in [0.05, 0.1) is 0 Å². The summed E-state index contributed by atoms with van der Waals surface area (Å²) in [5, 5.41) is 5.53. The van der Waals surface area contributed by atoms with Gasteiger partial charge < -0.3 is 5.32 Å². The maximum absolute atomic E-state index is 6.30. The van der Waals surface area contributed by atoms with E-state index in [0.717, 1.165) is 35.1 Å². The van der Waals surface area contributed by atoms with E-state index >= 15 is 0 Å². The van der Waals surface area contributed by atoms with Crippen LogP contribution in [0.25, 0.3) is 0 Å². The topological polar surface area (TPSA) is 12.0 Å². The lowest BCUT2D eigenvalue weighted by molar-refractivity contribution is 0.275. The zero-order valence-electron chi connectivity index (χ0n) is 10.8. The van der Waals surface area contributed by atoms with Crippen molar-refractivity contribution in [3.8, 4) is 0 Å². The van der Waals surface area contributed by atoms with Crippen molar-refractivity contribution in [3.05, 3.63) is 68.7 Å². The highest BCUT2D eigenvalue weighted by atomic mass is 35.5. The predicted octanol–water partition coefficient (Wildman–Crippen LogP) is 4.73. The van der Waals surface area contributed by atoms with Crippen LogP contribution in [0.4, 0.5) is 0 Å². The second-order valence-corrected chi connectivity index (χ2v) is 6.58. The van der Waals surface area contributed by atoms with E-state index in [2.05, 4.69) is 17.4 Å². The van der Waals surface area contributed by atoms with Gasteiger partial charge in [0, 0.05) is 33.6 Å². The number of rotatable bonds is 3. The summed E-state index contributed by atoms with van der Waals surface area (Å²) in [5.41, 5.74) is 2.53. The summed E-state index contributed by atoms with van der Waals surface area (Å²) < 4.78 is 0. The minimum Gasteiger partial charge on any atom is -0.315 e. The Labute approximate surface area is 133 Å². The van der Waals surface area contributed by atoms with Gasteiger partial charge in [0.1, 0.15) is 0 Å². The van der Waals surface area contributed by atoms with E-state index in [4.69, 9.17) is 34.8 Å². The van der Waals surface area contributed by atoms with Crippen molar-refractivity contribution in [2.45, 2.75) is 11.8 Å². The normalized spacial score (nSPS) is 16.8. The minimum absolute atomic E-state index is 0.0993. The van der Waals surface area contributed by atoms with Gasteiger partial charge in [-0.05, 0) is 41.8 Å². The molecule has 4 heteroatoms. The molecule has 20 heavy (non-hydrogen) atoms. The number of halogens is 3. The smallest absolute Gasteiger partial charge is 0.0453 e. The third kappa shape index (κ3) is 2.68. The molecule has 2 aromatic rings. The Morgan fingerprint density at radius 3 is 2.10 bits per heavy atom. The highest BCUT2D eigenvalue weighted by Gasteiger charge is 2.39. The van der Waals surface area contributed by atoms with E-state index in [1.807, 2.05) is 24.3 Å². The highest BCUT2D eigenvalue weighted by Crippen LogP contribution is 2.35. The van der Waals surface area contributed by atoms with E-state index in [1.54, 1.807) is 6.07 Å². The molecular formula is C16H14Cl3N. The van der Waals surface area contributed by atoms with Gasteiger partial charge in [0.15, 0.2) is 0 Å². The summed E-state index contributed by atoms with van der Waals surface area (Å²) in [6.45, 7) is 1.90. The average Bonchev–Trinajstić information content (AvgIpc) is 2.37. The summed E-state index contributed by atoms with van der Waals surface area (Å²) >= 11 is 18.2. The molecule has 0 aliphatic carbocycles. The second kappa shape index (κ2) is 5.57. The fourth-order valence-corrected chi connectivity index (χ4v) is 3.29. The Bertz CT molecular complexity index is 618. The molecule has 0 aromatic heterocycles. The van der Waals surface area contributed by atoms with Gasteiger partial charge in [-0.25, -0.2) is 0 Å². The first-order valence-electron chi connectivity index (χ1n) is 6.50. The van der Waals surface area contributed by atoms with Gasteiger partial charge in [-0.2, -0.15) is 0 Å². The molecule has 1 N–H and O–H groups in total. The number of nitrogens with one attached hydrogen (secondary N) is 1. The Morgan fingerprint density at radius 1 is 0.900 bits per heavy atom. The van der Waals surface area contributed by atoms with Crippen LogP contribution in [0, 0.1) is 0 Å². The summed E-state index contributed by atoms with van der Waals surface area (Å²) in [6.07, 6.45) is 0.900. The fourth-order valence-electron chi connectivity index (χ4n) is 2.69. The van der Waals surface area contributed by atoms with Crippen LogP contribution in [0.3, 0.4) is 0 Å². The van der Waals surface area contributed by atoms with E-state index in [1.165, 1.54) is 5.56 Å². The largest absolute Gasteiger partial charge is 0.315 e. The van der Waals surface area contributed by atoms with Crippen LogP contribution in [0.5, 0.6) is 0 Å². The first kappa shape index (κ1) is 14.2. The van der Waals surface area contributed by atoms with Crippen LogP contribution in [-0.2, 0) is 11.8 Å². The molecule has 1 nitrogen and oxygen atoms in total. The summed E-state index contributed by atoms with van der Waals surface area (Å²) in [4.78, 5) is 0. The van der Waals surface area contributed by atoms with Gasteiger partial charge in [-0.3, -0.25) is 0 Å². The van der Waals surface area contributed by atoms with E-state index < -0.39 is 0 Å². The monoisotopic (exact) mass is 325 g/mol. The van der Waals surface area contributed by atoms with Crippen LogP contribution < -0.4 is 5.32 Å². The van der Waals surface area contributed by atoms with Crippen molar-refractivity contribution in [1.29, 1.82) is 0 Å². The van der Waals surface area contributed by atoms with Crippen molar-refractivity contribution in [2.24, 2.45) is 0 Å². The molecule has 0 spiro atoms. The second-order valence-electron chi connectivity index (χ2n) is 5.30. The van der Waals surface area contributed by atoms with E-state index in [-0.39, 0.29) is 5.41 Å². The van der Waals surface area contributed by atoms with Crippen LogP contribution in [0.2, 0.25) is 15.1 Å². The fraction of sp³-hybridized carbons (Fsp3) is 0.250. The van der Waals surface area contributed by atoms with Gasteiger partial charge in [-0.15, -0.1) is 0 Å². The van der Waals surface area contributed by atoms with Crippen LogP contribution >= 0.6 is 34.8 Å². The quantitative estimate of drug-likeness (QED) is 0.859. The summed E-state index contributed by atoms with van der Waals surface area (Å²) in [5.74, 6) is 0. The lowest BCUT2D eigenvalue weighted by Gasteiger charge is -2.43. The van der Waals surface area contributed by atoms with E-state index in [0.29, 0.717) is 5.02 Å². The molecule has 0 saturated carbocycles. The van der Waals surface area contributed by atoms with Crippen molar-refractivity contribution in [2.75, 3.05) is 13.1 Å². The molecule has 0 unspecified atom stereocenters. The Balaban J connectivity index is 1.91. The van der Waals surface area contributed by atoms with Crippen molar-refractivity contribution in [3.63, 3.8) is 0 Å². The molecule has 1 aliphatic rings. The molecule has 1 fully saturated rings. The highest BCUT2D eigenvalue weighted by molar-refractivity contribution is 6.35. The van der Waals surface area contributed by atoms with Gasteiger partial charge in [0.25, 0.3) is 0 Å². The SMILES string of the molecule is Clc1ccc(C2(Cc3ccc(Cl)cc3Cl)CNC2)cc1. The molecule has 1 heterocycles. The lowest BCUT2D eigenvalue weighted by atomic mass is 9.71. The standard InChI is InChI=1S/C16H14Cl3N/c17-13-5-2-12(3-6-13)16(9-20-10-16)8-11-1-4-14(18)7-15(11)19/h1-7,20H,8-10H2. The van der Waals surface area contributed by atoms with Gasteiger partial charge >= 0.3 is 0 Å². The average molecular weight is 327 g/mol. The zero-order valence-corrected chi connectivity index (χ0v) is 13.1. The van der Waals surface area contributed by atoms with Crippen LogP contribution in [0.15, 0.2) is 42.5 Å². The molecule has 3 rings (SSSR count). The third-order valence-electron chi connectivity index (χ3n) is 3.93. The Morgan fingerprint density at radius 2 is 1.55 bits per heavy atom. The lowest BCUT2D eigenvalue weighted by Crippen LogP contribution is -2.58. The molecule has 1 aliphatic heterocycles. The molecule has 1 saturated heterocycles. The van der Waals surface area contributed by atoms with Gasteiger partial charge in [0.2, 0.25) is 0 Å². The molecule has 0 radical (unpaired) electrons. The van der Waals surface area contributed by atoms with Crippen molar-refractivity contribution in [1.82, 2.24) is 5.32 Å². The predicted molar refractivity (Wildman–Crippen MR) is 86.2 cm³/mol.